The van der Waals surface area contributed by atoms with E-state index in [2.05, 4.69) is 15.5 Å². The number of anilines is 1. The van der Waals surface area contributed by atoms with Gasteiger partial charge in [0.1, 0.15) is 5.75 Å². The smallest absolute Gasteiger partial charge is 0.234 e. The molecule has 0 fully saturated rings. The number of nitrogens with one attached hydrogen (secondary N) is 1. The quantitative estimate of drug-likeness (QED) is 0.446. The van der Waals surface area contributed by atoms with Crippen LogP contribution in [0.15, 0.2) is 41.6 Å². The highest BCUT2D eigenvalue weighted by Gasteiger charge is 2.15. The monoisotopic (exact) mass is 437 g/mol. The zero-order chi connectivity index (χ0) is 20.3. The molecule has 10 heteroatoms. The van der Waals surface area contributed by atoms with Crippen molar-refractivity contribution in [2.75, 3.05) is 24.0 Å². The van der Waals surface area contributed by atoms with Gasteiger partial charge in [0.2, 0.25) is 11.1 Å². The fourth-order valence-electron chi connectivity index (χ4n) is 2.42. The fourth-order valence-corrected chi connectivity index (χ4v) is 3.35. The summed E-state index contributed by atoms with van der Waals surface area (Å²) in [6.45, 7) is 1.85. The Balaban J connectivity index is 1.67. The van der Waals surface area contributed by atoms with Crippen LogP contribution in [0.4, 0.5) is 5.69 Å². The maximum atomic E-state index is 12.3. The summed E-state index contributed by atoms with van der Waals surface area (Å²) in [6, 6.07) is 10.5. The molecule has 1 amide bonds. The Hall–Kier alpha value is -2.42. The summed E-state index contributed by atoms with van der Waals surface area (Å²) in [7, 11) is 1.51. The molecule has 28 heavy (non-hydrogen) atoms. The number of nitrogen functional groups attached to an aromatic ring is 1. The van der Waals surface area contributed by atoms with Gasteiger partial charge < -0.3 is 15.9 Å². The van der Waals surface area contributed by atoms with Gasteiger partial charge in [0.05, 0.1) is 18.6 Å². The standard InChI is InChI=1S/C18H17Cl2N5O2S/c1-10-7-14(15(27-2)8-13(10)20)22-16(26)9-28-18-24-23-17(25(18)21)11-3-5-12(19)6-4-11/h3-8H,9,21H2,1-2H3,(H,22,26). The van der Waals surface area contributed by atoms with E-state index in [9.17, 15) is 4.79 Å². The Morgan fingerprint density at radius 2 is 1.96 bits per heavy atom. The predicted octanol–water partition coefficient (Wildman–Crippen LogP) is 4.01. The van der Waals surface area contributed by atoms with Crippen molar-refractivity contribution in [1.29, 1.82) is 0 Å². The summed E-state index contributed by atoms with van der Waals surface area (Å²) in [5.74, 6) is 6.90. The zero-order valence-electron chi connectivity index (χ0n) is 15.1. The van der Waals surface area contributed by atoms with E-state index in [0.717, 1.165) is 11.1 Å². The highest BCUT2D eigenvalue weighted by molar-refractivity contribution is 7.99. The number of carbonyl (C=O) groups excluding carboxylic acids is 1. The minimum Gasteiger partial charge on any atom is -0.495 e. The Kier molecular flexibility index (Phi) is 6.33. The largest absolute Gasteiger partial charge is 0.495 e. The molecule has 0 saturated carbocycles. The van der Waals surface area contributed by atoms with E-state index in [-0.39, 0.29) is 11.7 Å². The minimum atomic E-state index is -0.235. The molecular weight excluding hydrogens is 421 g/mol. The maximum absolute atomic E-state index is 12.3. The maximum Gasteiger partial charge on any atom is 0.234 e. The second-order valence-corrected chi connectivity index (χ2v) is 7.61. The molecule has 3 rings (SSSR count). The Morgan fingerprint density at radius 3 is 2.64 bits per heavy atom. The number of carbonyl (C=O) groups is 1. The van der Waals surface area contributed by atoms with Crippen molar-refractivity contribution in [3.8, 4) is 17.1 Å². The highest BCUT2D eigenvalue weighted by atomic mass is 35.5. The third-order valence-corrected chi connectivity index (χ3v) is 5.46. The van der Waals surface area contributed by atoms with Crippen LogP contribution in [0.25, 0.3) is 11.4 Å². The van der Waals surface area contributed by atoms with E-state index < -0.39 is 0 Å². The van der Waals surface area contributed by atoms with Gasteiger partial charge in [-0.1, -0.05) is 35.0 Å². The van der Waals surface area contributed by atoms with E-state index in [1.807, 2.05) is 6.92 Å². The van der Waals surface area contributed by atoms with Crippen LogP contribution >= 0.6 is 35.0 Å². The van der Waals surface area contributed by atoms with Crippen molar-refractivity contribution in [3.63, 3.8) is 0 Å². The summed E-state index contributed by atoms with van der Waals surface area (Å²) in [4.78, 5) is 12.3. The first-order chi connectivity index (χ1) is 13.4. The zero-order valence-corrected chi connectivity index (χ0v) is 17.4. The molecule has 1 heterocycles. The summed E-state index contributed by atoms with van der Waals surface area (Å²) >= 11 is 13.2. The molecule has 7 nitrogen and oxygen atoms in total. The van der Waals surface area contributed by atoms with Gasteiger partial charge in [-0.15, -0.1) is 10.2 Å². The third kappa shape index (κ3) is 4.52. The predicted molar refractivity (Wildman–Crippen MR) is 113 cm³/mol. The number of aromatic nitrogens is 3. The van der Waals surface area contributed by atoms with E-state index in [0.29, 0.717) is 32.5 Å². The number of methoxy groups -OCH3 is 1. The fraction of sp³-hybridized carbons (Fsp3) is 0.167. The van der Waals surface area contributed by atoms with E-state index >= 15 is 0 Å². The molecule has 3 N–H and O–H groups in total. The van der Waals surface area contributed by atoms with Gasteiger partial charge >= 0.3 is 0 Å². The van der Waals surface area contributed by atoms with Crippen LogP contribution in [0, 0.1) is 6.92 Å². The second kappa shape index (κ2) is 8.72. The van der Waals surface area contributed by atoms with Gasteiger partial charge in [0, 0.05) is 21.7 Å². The van der Waals surface area contributed by atoms with Crippen molar-refractivity contribution in [2.45, 2.75) is 12.1 Å². The van der Waals surface area contributed by atoms with Gasteiger partial charge in [-0.2, -0.15) is 0 Å². The Morgan fingerprint density at radius 1 is 1.25 bits per heavy atom. The van der Waals surface area contributed by atoms with Crippen LogP contribution in [-0.2, 0) is 4.79 Å². The number of halogens is 2. The number of thioether (sulfide) groups is 1. The number of benzene rings is 2. The minimum absolute atomic E-state index is 0.0980. The number of rotatable bonds is 6. The van der Waals surface area contributed by atoms with Gasteiger partial charge in [0.15, 0.2) is 5.82 Å². The number of aryl methyl sites for hydroxylation is 1. The second-order valence-electron chi connectivity index (χ2n) is 5.82. The van der Waals surface area contributed by atoms with Gasteiger partial charge in [-0.05, 0) is 42.8 Å². The summed E-state index contributed by atoms with van der Waals surface area (Å²) < 4.78 is 6.60. The van der Waals surface area contributed by atoms with Crippen molar-refractivity contribution in [2.24, 2.45) is 0 Å². The number of nitrogens with two attached hydrogens (primary N) is 1. The van der Waals surface area contributed by atoms with Crippen LogP contribution in [0.5, 0.6) is 5.75 Å². The van der Waals surface area contributed by atoms with Crippen molar-refractivity contribution >= 4 is 46.6 Å². The third-order valence-electron chi connectivity index (χ3n) is 3.85. The van der Waals surface area contributed by atoms with Gasteiger partial charge in [-0.25, -0.2) is 4.68 Å². The molecule has 0 atom stereocenters. The molecule has 0 aliphatic rings. The Labute approximate surface area is 176 Å². The van der Waals surface area contributed by atoms with Crippen LogP contribution in [0.1, 0.15) is 5.56 Å². The van der Waals surface area contributed by atoms with E-state index in [4.69, 9.17) is 33.8 Å². The molecule has 0 aliphatic carbocycles. The average molecular weight is 438 g/mol. The molecule has 0 bridgehead atoms. The molecular formula is C18H17Cl2N5O2S. The van der Waals surface area contributed by atoms with Crippen LogP contribution in [-0.4, -0.2) is 33.6 Å². The molecule has 0 spiro atoms. The summed E-state index contributed by atoms with van der Waals surface area (Å²) in [5.41, 5.74) is 2.16. The lowest BCUT2D eigenvalue weighted by atomic mass is 10.2. The highest BCUT2D eigenvalue weighted by Crippen LogP contribution is 2.31. The van der Waals surface area contributed by atoms with Crippen LogP contribution in [0.3, 0.4) is 0 Å². The van der Waals surface area contributed by atoms with Gasteiger partial charge in [-0.3, -0.25) is 4.79 Å². The first-order valence-corrected chi connectivity index (χ1v) is 9.86. The Bertz CT molecular complexity index is 1010. The first-order valence-electron chi connectivity index (χ1n) is 8.12. The van der Waals surface area contributed by atoms with Crippen LogP contribution < -0.4 is 15.9 Å². The first kappa shape index (κ1) is 20.3. The molecule has 1 aromatic heterocycles. The molecule has 3 aromatic rings. The van der Waals surface area contributed by atoms with E-state index in [1.54, 1.807) is 36.4 Å². The average Bonchev–Trinajstić information content (AvgIpc) is 3.04. The SMILES string of the molecule is COc1cc(Cl)c(C)cc1NC(=O)CSc1nnc(-c2ccc(Cl)cc2)n1N. The van der Waals surface area contributed by atoms with Crippen molar-refractivity contribution in [1.82, 2.24) is 14.9 Å². The summed E-state index contributed by atoms with van der Waals surface area (Å²) in [6.07, 6.45) is 0. The normalized spacial score (nSPS) is 10.7. The number of nitrogens with zero attached hydrogens (tertiary/aromatic N) is 3. The molecule has 146 valence electrons. The molecule has 2 aromatic carbocycles. The van der Waals surface area contributed by atoms with E-state index in [1.165, 1.54) is 23.5 Å². The van der Waals surface area contributed by atoms with Crippen LogP contribution in [0.2, 0.25) is 10.0 Å². The number of ether oxygens (including phenoxy) is 1. The molecule has 0 unspecified atom stereocenters. The molecule has 0 aliphatic heterocycles. The number of hydrogen-bond donors (Lipinski definition) is 2. The van der Waals surface area contributed by atoms with Gasteiger partial charge in [0.25, 0.3) is 0 Å². The topological polar surface area (TPSA) is 95.1 Å². The number of hydrogen-bond acceptors (Lipinski definition) is 6. The lowest BCUT2D eigenvalue weighted by molar-refractivity contribution is -0.113. The summed E-state index contributed by atoms with van der Waals surface area (Å²) in [5, 5.41) is 12.5. The van der Waals surface area contributed by atoms with Crippen molar-refractivity contribution in [3.05, 3.63) is 52.0 Å². The molecule has 0 radical (unpaired) electrons. The lowest BCUT2D eigenvalue weighted by Gasteiger charge is -2.12. The number of amides is 1. The van der Waals surface area contributed by atoms with Crippen molar-refractivity contribution < 1.29 is 9.53 Å². The lowest BCUT2D eigenvalue weighted by Crippen LogP contribution is -2.17. The molecule has 0 saturated heterocycles.